The zero-order chi connectivity index (χ0) is 39.7. The molecule has 0 fully saturated rings. The molecule has 1 heteroatoms. The van der Waals surface area contributed by atoms with Gasteiger partial charge in [-0.3, -0.25) is 4.99 Å². The summed E-state index contributed by atoms with van der Waals surface area (Å²) in [5.74, 6) is 0. The van der Waals surface area contributed by atoms with E-state index in [0.717, 1.165) is 28.0 Å². The summed E-state index contributed by atoms with van der Waals surface area (Å²) in [4.78, 5) is 5.41. The quantitative estimate of drug-likeness (QED) is 0.0753. The van der Waals surface area contributed by atoms with Crippen molar-refractivity contribution in [1.29, 1.82) is 0 Å². The van der Waals surface area contributed by atoms with Crippen molar-refractivity contribution >= 4 is 38.0 Å². The van der Waals surface area contributed by atoms with Crippen LogP contribution in [0, 0.1) is 0 Å². The predicted molar refractivity (Wildman–Crippen MR) is 250 cm³/mol. The molecule has 0 spiro atoms. The van der Waals surface area contributed by atoms with Crippen LogP contribution in [0.1, 0.15) is 44.9 Å². The maximum absolute atomic E-state index is 5.41. The number of allylic oxidation sites excluding steroid dienone is 6. The monoisotopic (exact) mass is 735 g/mol. The summed E-state index contributed by atoms with van der Waals surface area (Å²) in [5.41, 5.74) is 12.6. The number of nitrogens with zero attached hydrogens (tertiary/aromatic N) is 1. The molecule has 8 rings (SSSR count). The Balaban J connectivity index is 0.00000244. The zero-order valence-corrected chi connectivity index (χ0v) is 33.4. The molecule has 0 aliphatic rings. The molecule has 0 radical (unpaired) electrons. The molecule has 0 aliphatic carbocycles. The van der Waals surface area contributed by atoms with Crippen molar-refractivity contribution in [2.24, 2.45) is 4.99 Å². The average Bonchev–Trinajstić information content (AvgIpc) is 3.28. The molecule has 278 valence electrons. The van der Waals surface area contributed by atoms with Crippen molar-refractivity contribution in [3.05, 3.63) is 230 Å². The van der Waals surface area contributed by atoms with Gasteiger partial charge in [0, 0.05) is 0 Å². The third-order valence-corrected chi connectivity index (χ3v) is 10.6. The van der Waals surface area contributed by atoms with E-state index in [4.69, 9.17) is 4.99 Å². The normalized spacial score (nSPS) is 12.6. The van der Waals surface area contributed by atoms with Gasteiger partial charge in [-0.25, -0.2) is 0 Å². The van der Waals surface area contributed by atoms with Crippen molar-refractivity contribution < 1.29 is 0 Å². The standard InChI is InChI=1S/C54H43N.C2H6/c1-5-19-39(6-2)37(3)34-52(41-21-10-7-11-22-41)55-38(4)44-30-32-48-50(35-44)53(42-23-12-8-13-24-42)49-33-31-45(36-51(49)54(48)43-25-14-9-15-26-43)47-29-18-27-40-20-16-17-28-46(40)47;1-2/h5-36,38H,1-2H2,3-4H3;1-2H3/b37-34+,39-19+,55-52?;. The second kappa shape index (κ2) is 17.8. The van der Waals surface area contributed by atoms with Crippen molar-refractivity contribution in [3.8, 4) is 33.4 Å². The Hall–Kier alpha value is -6.83. The molecule has 0 aromatic heterocycles. The Morgan fingerprint density at radius 2 is 1.11 bits per heavy atom. The maximum atomic E-state index is 5.41. The lowest BCUT2D eigenvalue weighted by atomic mass is 9.83. The van der Waals surface area contributed by atoms with Crippen LogP contribution in [-0.4, -0.2) is 5.71 Å². The average molecular weight is 736 g/mol. The van der Waals surface area contributed by atoms with E-state index in [2.05, 4.69) is 197 Å². The maximum Gasteiger partial charge on any atom is 0.0728 e. The van der Waals surface area contributed by atoms with Crippen LogP contribution in [0.4, 0.5) is 0 Å². The summed E-state index contributed by atoms with van der Waals surface area (Å²) in [6.07, 6.45) is 7.81. The molecule has 1 atom stereocenters. The van der Waals surface area contributed by atoms with Crippen LogP contribution in [0.25, 0.3) is 65.7 Å². The third kappa shape index (κ3) is 7.97. The van der Waals surface area contributed by atoms with Crippen LogP contribution in [0.5, 0.6) is 0 Å². The van der Waals surface area contributed by atoms with E-state index >= 15 is 0 Å². The molecule has 0 aliphatic heterocycles. The van der Waals surface area contributed by atoms with Gasteiger partial charge in [0.1, 0.15) is 0 Å². The van der Waals surface area contributed by atoms with Gasteiger partial charge in [0.2, 0.25) is 0 Å². The van der Waals surface area contributed by atoms with Crippen molar-refractivity contribution in [2.45, 2.75) is 33.7 Å². The van der Waals surface area contributed by atoms with E-state index in [1.165, 1.54) is 65.7 Å². The first-order valence-corrected chi connectivity index (χ1v) is 19.9. The minimum atomic E-state index is -0.118. The number of hydrogen-bond donors (Lipinski definition) is 0. The Kier molecular flexibility index (Phi) is 12.0. The molecule has 57 heavy (non-hydrogen) atoms. The van der Waals surface area contributed by atoms with Crippen molar-refractivity contribution in [3.63, 3.8) is 0 Å². The number of benzene rings is 8. The molecule has 0 bridgehead atoms. The van der Waals surface area contributed by atoms with Crippen LogP contribution >= 0.6 is 0 Å². The molecule has 0 heterocycles. The van der Waals surface area contributed by atoms with E-state index in [-0.39, 0.29) is 6.04 Å². The van der Waals surface area contributed by atoms with Gasteiger partial charge in [-0.15, -0.1) is 0 Å². The van der Waals surface area contributed by atoms with Gasteiger partial charge >= 0.3 is 0 Å². The van der Waals surface area contributed by atoms with Gasteiger partial charge < -0.3 is 0 Å². The highest BCUT2D eigenvalue weighted by atomic mass is 14.8. The van der Waals surface area contributed by atoms with Gasteiger partial charge in [0.15, 0.2) is 0 Å². The Labute approximate surface area is 338 Å². The number of hydrogen-bond acceptors (Lipinski definition) is 1. The highest BCUT2D eigenvalue weighted by Gasteiger charge is 2.20. The molecular formula is C56H49N. The molecule has 8 aromatic rings. The minimum Gasteiger partial charge on any atom is -0.277 e. The van der Waals surface area contributed by atoms with Gasteiger partial charge in [0.25, 0.3) is 0 Å². The summed E-state index contributed by atoms with van der Waals surface area (Å²) in [6, 6.07) is 61.3. The zero-order valence-electron chi connectivity index (χ0n) is 33.4. The predicted octanol–water partition coefficient (Wildman–Crippen LogP) is 16.0. The van der Waals surface area contributed by atoms with E-state index < -0.39 is 0 Å². The van der Waals surface area contributed by atoms with Gasteiger partial charge in [0.05, 0.1) is 11.8 Å². The highest BCUT2D eigenvalue weighted by Crippen LogP contribution is 2.46. The van der Waals surface area contributed by atoms with E-state index in [1.54, 1.807) is 6.08 Å². The summed E-state index contributed by atoms with van der Waals surface area (Å²) >= 11 is 0. The lowest BCUT2D eigenvalue weighted by Gasteiger charge is -2.20. The first-order valence-electron chi connectivity index (χ1n) is 19.9. The van der Waals surface area contributed by atoms with Crippen LogP contribution < -0.4 is 0 Å². The van der Waals surface area contributed by atoms with Gasteiger partial charge in [-0.2, -0.15) is 0 Å². The smallest absolute Gasteiger partial charge is 0.0728 e. The first-order chi connectivity index (χ1) is 28.0. The van der Waals surface area contributed by atoms with E-state index in [9.17, 15) is 0 Å². The second-order valence-electron chi connectivity index (χ2n) is 14.0. The molecule has 1 unspecified atom stereocenters. The number of fused-ring (bicyclic) bond motifs is 3. The molecule has 0 saturated carbocycles. The van der Waals surface area contributed by atoms with Gasteiger partial charge in [-0.1, -0.05) is 203 Å². The second-order valence-corrected chi connectivity index (χ2v) is 14.0. The molecular weight excluding hydrogens is 687 g/mol. The Bertz CT molecular complexity index is 2780. The van der Waals surface area contributed by atoms with Crippen molar-refractivity contribution in [2.75, 3.05) is 0 Å². The SMILES string of the molecule is C=C/C=C(C=C)/C(C)=C/C(=NC(C)c1ccc2c(-c3ccccc3)c3cc(-c4cccc5ccccc45)ccc3c(-c3ccccc3)c2c1)c1ccccc1.CC. The summed E-state index contributed by atoms with van der Waals surface area (Å²) < 4.78 is 0. The van der Waals surface area contributed by atoms with Crippen LogP contribution in [0.3, 0.4) is 0 Å². The molecule has 0 amide bonds. The van der Waals surface area contributed by atoms with Crippen molar-refractivity contribution in [1.82, 2.24) is 0 Å². The highest BCUT2D eigenvalue weighted by molar-refractivity contribution is 6.22. The summed E-state index contributed by atoms with van der Waals surface area (Å²) in [6.45, 7) is 16.2. The van der Waals surface area contributed by atoms with Gasteiger partial charge in [-0.05, 0) is 120 Å². The lowest BCUT2D eigenvalue weighted by molar-refractivity contribution is 0.823. The lowest BCUT2D eigenvalue weighted by Crippen LogP contribution is -2.03. The largest absolute Gasteiger partial charge is 0.277 e. The molecule has 0 saturated heterocycles. The fourth-order valence-corrected chi connectivity index (χ4v) is 7.85. The summed E-state index contributed by atoms with van der Waals surface area (Å²) in [5, 5.41) is 7.39. The molecule has 8 aromatic carbocycles. The van der Waals surface area contributed by atoms with Crippen LogP contribution in [0.15, 0.2) is 223 Å². The number of rotatable bonds is 10. The fraction of sp³-hybridized carbons (Fsp3) is 0.0893. The minimum absolute atomic E-state index is 0.118. The van der Waals surface area contributed by atoms with E-state index in [0.29, 0.717) is 0 Å². The Morgan fingerprint density at radius 3 is 1.74 bits per heavy atom. The fourth-order valence-electron chi connectivity index (χ4n) is 7.85. The topological polar surface area (TPSA) is 12.4 Å². The number of aliphatic imine (C=N–C) groups is 1. The Morgan fingerprint density at radius 1 is 0.544 bits per heavy atom. The summed E-state index contributed by atoms with van der Waals surface area (Å²) in [7, 11) is 0. The van der Waals surface area contributed by atoms with E-state index in [1.807, 2.05) is 32.1 Å². The van der Waals surface area contributed by atoms with Crippen LogP contribution in [0.2, 0.25) is 0 Å². The third-order valence-electron chi connectivity index (χ3n) is 10.6. The first kappa shape index (κ1) is 38.4. The molecule has 1 nitrogen and oxygen atoms in total. The van der Waals surface area contributed by atoms with Crippen LogP contribution in [-0.2, 0) is 0 Å². The molecule has 0 N–H and O–H groups in total.